The lowest BCUT2D eigenvalue weighted by Crippen LogP contribution is -2.07. The van der Waals surface area contributed by atoms with Crippen molar-refractivity contribution in [1.29, 1.82) is 0 Å². The minimum absolute atomic E-state index is 0.226. The molecule has 96 valence electrons. The van der Waals surface area contributed by atoms with Gasteiger partial charge >= 0.3 is 0 Å². The number of halogens is 1. The first-order valence-electron chi connectivity index (χ1n) is 6.22. The number of benzene rings is 1. The largest absolute Gasteiger partial charge is 0.335 e. The van der Waals surface area contributed by atoms with Gasteiger partial charge in [-0.2, -0.15) is 0 Å². The zero-order valence-corrected chi connectivity index (χ0v) is 10.6. The van der Waals surface area contributed by atoms with Crippen LogP contribution in [0.1, 0.15) is 30.3 Å². The van der Waals surface area contributed by atoms with Crippen molar-refractivity contribution in [1.82, 2.24) is 9.55 Å². The predicted octanol–water partition coefficient (Wildman–Crippen LogP) is 2.48. The molecule has 3 nitrogen and oxygen atoms in total. The number of nitrogens with two attached hydrogens (primary N) is 1. The van der Waals surface area contributed by atoms with Gasteiger partial charge < -0.3 is 10.3 Å². The number of hydrogen-bond donors (Lipinski definition) is 1. The van der Waals surface area contributed by atoms with Crippen molar-refractivity contribution in [2.45, 2.75) is 32.9 Å². The van der Waals surface area contributed by atoms with Crippen molar-refractivity contribution in [3.8, 4) is 0 Å². The molecule has 0 saturated carbocycles. The molecule has 1 aromatic carbocycles. The molecule has 2 rings (SSSR count). The molecule has 18 heavy (non-hydrogen) atoms. The fourth-order valence-electron chi connectivity index (χ4n) is 2.08. The van der Waals surface area contributed by atoms with Crippen LogP contribution in [0, 0.1) is 5.82 Å². The summed E-state index contributed by atoms with van der Waals surface area (Å²) < 4.78 is 15.4. The maximum Gasteiger partial charge on any atom is 0.123 e. The molecule has 0 aliphatic rings. The van der Waals surface area contributed by atoms with Crippen LogP contribution in [-0.2, 0) is 19.5 Å². The molecular formula is C14H18FN3. The van der Waals surface area contributed by atoms with E-state index in [0.717, 1.165) is 29.9 Å². The SMILES string of the molecule is CCCn1ccnc1Cc1cc(F)ccc1CN. The van der Waals surface area contributed by atoms with E-state index >= 15 is 0 Å². The molecular weight excluding hydrogens is 229 g/mol. The lowest BCUT2D eigenvalue weighted by Gasteiger charge is -2.10. The summed E-state index contributed by atoms with van der Waals surface area (Å²) in [6, 6.07) is 4.75. The van der Waals surface area contributed by atoms with Crippen molar-refractivity contribution in [2.24, 2.45) is 5.73 Å². The number of aryl methyl sites for hydroxylation is 1. The summed E-state index contributed by atoms with van der Waals surface area (Å²) in [6.45, 7) is 3.48. The smallest absolute Gasteiger partial charge is 0.123 e. The van der Waals surface area contributed by atoms with E-state index < -0.39 is 0 Å². The molecule has 2 aromatic rings. The first-order chi connectivity index (χ1) is 8.74. The average molecular weight is 247 g/mol. The predicted molar refractivity (Wildman–Crippen MR) is 69.6 cm³/mol. The van der Waals surface area contributed by atoms with Crippen LogP contribution in [0.15, 0.2) is 30.6 Å². The van der Waals surface area contributed by atoms with Crippen LogP contribution in [0.25, 0.3) is 0 Å². The highest BCUT2D eigenvalue weighted by Crippen LogP contribution is 2.15. The number of nitrogens with zero attached hydrogens (tertiary/aromatic N) is 2. The first-order valence-corrected chi connectivity index (χ1v) is 6.22. The summed E-state index contributed by atoms with van der Waals surface area (Å²) in [5, 5.41) is 0. The second-order valence-corrected chi connectivity index (χ2v) is 4.33. The van der Waals surface area contributed by atoms with Crippen LogP contribution in [-0.4, -0.2) is 9.55 Å². The van der Waals surface area contributed by atoms with E-state index in [4.69, 9.17) is 5.73 Å². The Hall–Kier alpha value is -1.68. The molecule has 1 heterocycles. The average Bonchev–Trinajstić information content (AvgIpc) is 2.78. The summed E-state index contributed by atoms with van der Waals surface area (Å²) in [6.07, 6.45) is 5.42. The van der Waals surface area contributed by atoms with Crippen LogP contribution in [0.3, 0.4) is 0 Å². The molecule has 0 fully saturated rings. The van der Waals surface area contributed by atoms with Gasteiger partial charge in [0.2, 0.25) is 0 Å². The van der Waals surface area contributed by atoms with Crippen molar-refractivity contribution >= 4 is 0 Å². The molecule has 0 spiro atoms. The van der Waals surface area contributed by atoms with E-state index in [-0.39, 0.29) is 5.82 Å². The van der Waals surface area contributed by atoms with E-state index in [1.165, 1.54) is 6.07 Å². The number of hydrogen-bond acceptors (Lipinski definition) is 2. The molecule has 0 saturated heterocycles. The molecule has 0 aliphatic heterocycles. The minimum Gasteiger partial charge on any atom is -0.335 e. The van der Waals surface area contributed by atoms with Crippen LogP contribution in [0.4, 0.5) is 4.39 Å². The molecule has 2 N–H and O–H groups in total. The van der Waals surface area contributed by atoms with Crippen LogP contribution < -0.4 is 5.73 Å². The molecule has 0 aliphatic carbocycles. The topological polar surface area (TPSA) is 43.8 Å². The molecule has 0 radical (unpaired) electrons. The Kier molecular flexibility index (Phi) is 4.10. The second kappa shape index (κ2) is 5.78. The van der Waals surface area contributed by atoms with E-state index in [1.807, 2.05) is 6.20 Å². The zero-order valence-electron chi connectivity index (χ0n) is 10.6. The van der Waals surface area contributed by atoms with Gasteiger partial charge in [-0.15, -0.1) is 0 Å². The summed E-state index contributed by atoms with van der Waals surface area (Å²) in [5.41, 5.74) is 7.57. The zero-order chi connectivity index (χ0) is 13.0. The molecule has 1 aromatic heterocycles. The maximum atomic E-state index is 13.3. The molecule has 4 heteroatoms. The third-order valence-corrected chi connectivity index (χ3v) is 3.00. The lowest BCUT2D eigenvalue weighted by atomic mass is 10.0. The van der Waals surface area contributed by atoms with Gasteiger partial charge in [-0.3, -0.25) is 0 Å². The fourth-order valence-corrected chi connectivity index (χ4v) is 2.08. The normalized spacial score (nSPS) is 10.8. The maximum absolute atomic E-state index is 13.3. The van der Waals surface area contributed by atoms with E-state index in [0.29, 0.717) is 13.0 Å². The van der Waals surface area contributed by atoms with Gasteiger partial charge in [-0.25, -0.2) is 9.37 Å². The van der Waals surface area contributed by atoms with Gasteiger partial charge in [0.05, 0.1) is 0 Å². The Labute approximate surface area is 106 Å². The van der Waals surface area contributed by atoms with Crippen LogP contribution >= 0.6 is 0 Å². The Morgan fingerprint density at radius 1 is 1.33 bits per heavy atom. The van der Waals surface area contributed by atoms with Gasteiger partial charge in [-0.05, 0) is 29.7 Å². The third-order valence-electron chi connectivity index (χ3n) is 3.00. The van der Waals surface area contributed by atoms with Gasteiger partial charge in [0.15, 0.2) is 0 Å². The Morgan fingerprint density at radius 3 is 2.89 bits per heavy atom. The molecule has 0 amide bonds. The second-order valence-electron chi connectivity index (χ2n) is 4.33. The lowest BCUT2D eigenvalue weighted by molar-refractivity contribution is 0.621. The number of aromatic nitrogens is 2. The Balaban J connectivity index is 2.27. The summed E-state index contributed by atoms with van der Waals surface area (Å²) >= 11 is 0. The summed E-state index contributed by atoms with van der Waals surface area (Å²) in [7, 11) is 0. The monoisotopic (exact) mass is 247 g/mol. The van der Waals surface area contributed by atoms with Crippen molar-refractivity contribution in [2.75, 3.05) is 0 Å². The highest BCUT2D eigenvalue weighted by Gasteiger charge is 2.08. The van der Waals surface area contributed by atoms with E-state index in [1.54, 1.807) is 18.3 Å². The van der Waals surface area contributed by atoms with E-state index in [2.05, 4.69) is 16.5 Å². The van der Waals surface area contributed by atoms with Crippen molar-refractivity contribution in [3.05, 3.63) is 53.4 Å². The minimum atomic E-state index is -0.226. The molecule has 0 unspecified atom stereocenters. The number of rotatable bonds is 5. The summed E-state index contributed by atoms with van der Waals surface area (Å²) in [4.78, 5) is 4.33. The Bertz CT molecular complexity index is 520. The Morgan fingerprint density at radius 2 is 2.17 bits per heavy atom. The van der Waals surface area contributed by atoms with Crippen molar-refractivity contribution in [3.63, 3.8) is 0 Å². The van der Waals surface area contributed by atoms with Gasteiger partial charge in [0.25, 0.3) is 0 Å². The fraction of sp³-hybridized carbons (Fsp3) is 0.357. The highest BCUT2D eigenvalue weighted by molar-refractivity contribution is 5.30. The third kappa shape index (κ3) is 2.76. The molecule has 0 bridgehead atoms. The first kappa shape index (κ1) is 12.8. The van der Waals surface area contributed by atoms with Gasteiger partial charge in [0, 0.05) is 31.9 Å². The van der Waals surface area contributed by atoms with Gasteiger partial charge in [-0.1, -0.05) is 13.0 Å². The number of imidazole rings is 1. The van der Waals surface area contributed by atoms with Crippen LogP contribution in [0.2, 0.25) is 0 Å². The highest BCUT2D eigenvalue weighted by atomic mass is 19.1. The van der Waals surface area contributed by atoms with Crippen molar-refractivity contribution < 1.29 is 4.39 Å². The quantitative estimate of drug-likeness (QED) is 0.882. The standard InChI is InChI=1S/C14H18FN3/c1-2-6-18-7-5-17-14(18)9-12-8-13(15)4-3-11(12)10-16/h3-5,7-8H,2,6,9-10,16H2,1H3. The molecule has 0 atom stereocenters. The van der Waals surface area contributed by atoms with Gasteiger partial charge in [0.1, 0.15) is 11.6 Å². The summed E-state index contributed by atoms with van der Waals surface area (Å²) in [5.74, 6) is 0.730. The van der Waals surface area contributed by atoms with Crippen LogP contribution in [0.5, 0.6) is 0 Å². The van der Waals surface area contributed by atoms with E-state index in [9.17, 15) is 4.39 Å².